The van der Waals surface area contributed by atoms with Gasteiger partial charge in [0.1, 0.15) is 21.6 Å². The molecule has 0 aromatic carbocycles. The Hall–Kier alpha value is -4.78. The summed E-state index contributed by atoms with van der Waals surface area (Å²) in [7, 11) is 3.25. The Bertz CT molecular complexity index is 1950. The second-order valence-electron chi connectivity index (χ2n) is 13.8. The number of nitrogens with one attached hydrogen (secondary N) is 1. The van der Waals surface area contributed by atoms with E-state index < -0.39 is 5.60 Å². The molecule has 1 N–H and O–H groups in total. The van der Waals surface area contributed by atoms with Gasteiger partial charge in [0.25, 0.3) is 11.1 Å². The molecule has 2 aliphatic rings. The molecular formula is C32H45BrN12O6. The third kappa shape index (κ3) is 11.1. The first-order chi connectivity index (χ1) is 23.9. The predicted octanol–water partition coefficient (Wildman–Crippen LogP) is 2.09. The second kappa shape index (κ2) is 16.5. The highest BCUT2D eigenvalue weighted by atomic mass is 79.9. The van der Waals surface area contributed by atoms with Crippen molar-refractivity contribution in [3.05, 3.63) is 50.4 Å². The summed E-state index contributed by atoms with van der Waals surface area (Å²) in [6.07, 6.45) is 5.46. The summed E-state index contributed by atoms with van der Waals surface area (Å²) in [5, 5.41) is 3.18. The number of nitrogens with zero attached hydrogens (tertiary/aromatic N) is 11. The Labute approximate surface area is 303 Å². The van der Waals surface area contributed by atoms with Crippen molar-refractivity contribution in [2.24, 2.45) is 14.1 Å². The number of ether oxygens (including phenoxy) is 2. The fourth-order valence-electron chi connectivity index (χ4n) is 4.70. The number of anilines is 1. The van der Waals surface area contributed by atoms with Gasteiger partial charge >= 0.3 is 12.2 Å². The van der Waals surface area contributed by atoms with Crippen LogP contribution >= 0.6 is 15.9 Å². The highest BCUT2D eigenvalue weighted by Gasteiger charge is 2.27. The summed E-state index contributed by atoms with van der Waals surface area (Å²) in [4.78, 5) is 77.3. The van der Waals surface area contributed by atoms with Gasteiger partial charge < -0.3 is 38.6 Å². The van der Waals surface area contributed by atoms with Crippen molar-refractivity contribution in [1.82, 2.24) is 54.2 Å². The number of hydrogen-bond donors (Lipinski definition) is 1. The predicted molar refractivity (Wildman–Crippen MR) is 194 cm³/mol. The molecule has 276 valence electrons. The van der Waals surface area contributed by atoms with Crippen LogP contribution in [0.5, 0.6) is 0 Å². The lowest BCUT2D eigenvalue weighted by molar-refractivity contribution is 0.0223. The lowest BCUT2D eigenvalue weighted by atomic mass is 10.2. The number of fused-ring (bicyclic) bond motifs is 2. The van der Waals surface area contributed by atoms with Crippen LogP contribution < -0.4 is 21.3 Å². The molecule has 0 bridgehead atoms. The molecule has 2 amide bonds. The Morgan fingerprint density at radius 3 is 1.63 bits per heavy atom. The van der Waals surface area contributed by atoms with Gasteiger partial charge in [-0.3, -0.25) is 9.59 Å². The summed E-state index contributed by atoms with van der Waals surface area (Å²) in [6, 6.07) is 0. The summed E-state index contributed by atoms with van der Waals surface area (Å²) < 4.78 is 13.9. The SMILES string of the molecule is CC(C)(C)OC(=O)N1CCNCC1.Cn1cnc2ncc(Br)nc2c1=O.Cn1cnc2ncc(N3CCN(C(=O)OC(C)(C)C)CC3)nc2c1=O. The van der Waals surface area contributed by atoms with Gasteiger partial charge in [-0.25, -0.2) is 39.5 Å². The number of piperazine rings is 2. The Morgan fingerprint density at radius 1 is 0.686 bits per heavy atom. The van der Waals surface area contributed by atoms with Crippen LogP contribution in [0.3, 0.4) is 0 Å². The molecule has 0 saturated carbocycles. The first-order valence-electron chi connectivity index (χ1n) is 16.4. The van der Waals surface area contributed by atoms with E-state index in [0.717, 1.165) is 26.2 Å². The number of amides is 2. The third-order valence-electron chi connectivity index (χ3n) is 7.24. The zero-order valence-electron chi connectivity index (χ0n) is 30.2. The summed E-state index contributed by atoms with van der Waals surface area (Å²) >= 11 is 3.14. The van der Waals surface area contributed by atoms with Crippen molar-refractivity contribution in [3.63, 3.8) is 0 Å². The van der Waals surface area contributed by atoms with E-state index in [-0.39, 0.29) is 39.9 Å². The number of aromatic nitrogens is 8. The molecule has 0 aliphatic carbocycles. The standard InChI is InChI=1S/C16H22N6O3.C9H18N2O2.C7H5BrN4O/c1-16(2,3)25-15(24)22-7-5-21(6-8-22)11-9-17-13-12(19-11)14(23)20(4)10-18-13;1-9(2,3)13-8(12)11-6-4-10-5-7-11;1-12-3-10-6-5(7(12)13)11-4(8)2-9-6/h9-10H,5-8H2,1-4H3;10H,4-7H2,1-3H3;2-3H,1H3. The molecule has 0 atom stereocenters. The van der Waals surface area contributed by atoms with Crippen molar-refractivity contribution in [1.29, 1.82) is 0 Å². The van der Waals surface area contributed by atoms with E-state index in [1.807, 2.05) is 46.4 Å². The van der Waals surface area contributed by atoms with Crippen molar-refractivity contribution in [3.8, 4) is 0 Å². The van der Waals surface area contributed by atoms with E-state index in [0.29, 0.717) is 47.9 Å². The highest BCUT2D eigenvalue weighted by Crippen LogP contribution is 2.17. The molecule has 0 unspecified atom stereocenters. The highest BCUT2D eigenvalue weighted by molar-refractivity contribution is 9.10. The minimum atomic E-state index is -0.509. The topological polar surface area (TPSA) is 196 Å². The van der Waals surface area contributed by atoms with Gasteiger partial charge in [0, 0.05) is 66.5 Å². The number of rotatable bonds is 1. The molecule has 18 nitrogen and oxygen atoms in total. The molecule has 0 radical (unpaired) electrons. The van der Waals surface area contributed by atoms with Crippen LogP contribution in [0.15, 0.2) is 39.2 Å². The van der Waals surface area contributed by atoms with Crippen LogP contribution in [0, 0.1) is 0 Å². The quantitative estimate of drug-likeness (QED) is 0.295. The largest absolute Gasteiger partial charge is 0.444 e. The van der Waals surface area contributed by atoms with E-state index in [1.54, 1.807) is 30.1 Å². The van der Waals surface area contributed by atoms with Crippen LogP contribution in [-0.4, -0.2) is 125 Å². The average molecular weight is 774 g/mol. The van der Waals surface area contributed by atoms with Crippen LogP contribution in [0.2, 0.25) is 0 Å². The van der Waals surface area contributed by atoms with Crippen molar-refractivity contribution in [2.45, 2.75) is 52.7 Å². The van der Waals surface area contributed by atoms with E-state index in [9.17, 15) is 19.2 Å². The molecule has 4 aromatic rings. The van der Waals surface area contributed by atoms with Gasteiger partial charge in [-0.05, 0) is 57.5 Å². The van der Waals surface area contributed by atoms with Crippen LogP contribution in [0.25, 0.3) is 22.3 Å². The molecular weight excluding hydrogens is 728 g/mol. The Balaban J connectivity index is 0.000000189. The van der Waals surface area contributed by atoms with Gasteiger partial charge in [0.05, 0.1) is 25.0 Å². The van der Waals surface area contributed by atoms with Gasteiger partial charge in [-0.2, -0.15) is 0 Å². The van der Waals surface area contributed by atoms with Gasteiger partial charge in [-0.1, -0.05) is 0 Å². The minimum Gasteiger partial charge on any atom is -0.444 e. The minimum absolute atomic E-state index is 0.196. The van der Waals surface area contributed by atoms with Crippen LogP contribution in [0.1, 0.15) is 41.5 Å². The summed E-state index contributed by atoms with van der Waals surface area (Å²) in [5.41, 5.74) is -0.0971. The lowest BCUT2D eigenvalue weighted by Gasteiger charge is -2.36. The van der Waals surface area contributed by atoms with E-state index in [4.69, 9.17) is 9.47 Å². The van der Waals surface area contributed by atoms with Crippen molar-refractivity contribution in [2.75, 3.05) is 57.3 Å². The summed E-state index contributed by atoms with van der Waals surface area (Å²) in [6.45, 7) is 16.6. The average Bonchev–Trinajstić information content (AvgIpc) is 3.08. The van der Waals surface area contributed by atoms with E-state index in [1.165, 1.54) is 28.0 Å². The second-order valence-corrected chi connectivity index (χ2v) is 14.6. The Morgan fingerprint density at radius 2 is 1.14 bits per heavy atom. The molecule has 19 heteroatoms. The molecule has 2 fully saturated rings. The maximum absolute atomic E-state index is 12.2. The molecule has 0 spiro atoms. The van der Waals surface area contributed by atoms with E-state index in [2.05, 4.69) is 51.2 Å². The van der Waals surface area contributed by atoms with Crippen LogP contribution in [-0.2, 0) is 23.6 Å². The number of carbonyl (C=O) groups is 2. The molecule has 51 heavy (non-hydrogen) atoms. The lowest BCUT2D eigenvalue weighted by Crippen LogP contribution is -2.50. The third-order valence-corrected chi connectivity index (χ3v) is 7.62. The monoisotopic (exact) mass is 772 g/mol. The smallest absolute Gasteiger partial charge is 0.410 e. The fraction of sp³-hybridized carbons (Fsp3) is 0.562. The maximum atomic E-state index is 12.2. The Kier molecular flexibility index (Phi) is 12.6. The summed E-state index contributed by atoms with van der Waals surface area (Å²) in [5.74, 6) is 0.612. The number of halogens is 1. The zero-order valence-corrected chi connectivity index (χ0v) is 31.8. The van der Waals surface area contributed by atoms with E-state index >= 15 is 0 Å². The van der Waals surface area contributed by atoms with Gasteiger partial charge in [-0.15, -0.1) is 0 Å². The molecule has 2 aliphatic heterocycles. The molecule has 2 saturated heterocycles. The van der Waals surface area contributed by atoms with Crippen molar-refractivity contribution >= 4 is 56.3 Å². The molecule has 6 heterocycles. The normalized spacial score (nSPS) is 15.0. The number of carbonyl (C=O) groups excluding carboxylic acids is 2. The first kappa shape index (κ1) is 39.0. The van der Waals surface area contributed by atoms with Crippen molar-refractivity contribution < 1.29 is 19.1 Å². The molecule has 6 rings (SSSR count). The van der Waals surface area contributed by atoms with Gasteiger partial charge in [0.2, 0.25) is 0 Å². The number of hydrogen-bond acceptors (Lipinski definition) is 14. The zero-order chi connectivity index (χ0) is 37.5. The number of aryl methyl sites for hydroxylation is 2. The van der Waals surface area contributed by atoms with Crippen LogP contribution in [0.4, 0.5) is 15.4 Å². The fourth-order valence-corrected chi connectivity index (χ4v) is 4.98. The maximum Gasteiger partial charge on any atom is 0.410 e. The molecule has 4 aromatic heterocycles. The van der Waals surface area contributed by atoms with Gasteiger partial charge in [0.15, 0.2) is 22.3 Å². The first-order valence-corrected chi connectivity index (χ1v) is 17.1.